The van der Waals surface area contributed by atoms with Gasteiger partial charge in [-0.25, -0.2) is 9.18 Å². The molecule has 4 nitrogen and oxygen atoms in total. The molecule has 2 rings (SSSR count). The average Bonchev–Trinajstić information content (AvgIpc) is 2.86. The van der Waals surface area contributed by atoms with Crippen molar-refractivity contribution in [2.75, 3.05) is 12.9 Å². The van der Waals surface area contributed by atoms with E-state index in [1.165, 1.54) is 37.1 Å². The summed E-state index contributed by atoms with van der Waals surface area (Å²) in [6, 6.07) is 5.70. The van der Waals surface area contributed by atoms with Crippen LogP contribution < -0.4 is 5.32 Å². The number of ether oxygens (including phenoxy) is 1. The summed E-state index contributed by atoms with van der Waals surface area (Å²) >= 11 is 1.32. The van der Waals surface area contributed by atoms with Gasteiger partial charge in [-0.2, -0.15) is 0 Å². The lowest BCUT2D eigenvalue weighted by atomic mass is 10.2. The van der Waals surface area contributed by atoms with E-state index in [9.17, 15) is 14.0 Å². The van der Waals surface area contributed by atoms with Gasteiger partial charge in [-0.15, -0.1) is 11.8 Å². The van der Waals surface area contributed by atoms with Crippen molar-refractivity contribution in [2.24, 2.45) is 0 Å². The predicted octanol–water partition coefficient (Wildman–Crippen LogP) is 2.08. The average molecular weight is 281 g/mol. The lowest BCUT2D eigenvalue weighted by Gasteiger charge is -2.08. The first-order chi connectivity index (χ1) is 9.13. The summed E-state index contributed by atoms with van der Waals surface area (Å²) in [5, 5.41) is 2.58. The fourth-order valence-electron chi connectivity index (χ4n) is 1.70. The molecule has 1 aliphatic heterocycles. The van der Waals surface area contributed by atoms with Crippen molar-refractivity contribution in [3.63, 3.8) is 0 Å². The Bertz CT molecular complexity index is 557. The van der Waals surface area contributed by atoms with Crippen molar-refractivity contribution in [3.05, 3.63) is 46.2 Å². The van der Waals surface area contributed by atoms with Crippen LogP contribution in [-0.4, -0.2) is 24.7 Å². The van der Waals surface area contributed by atoms with Gasteiger partial charge in [0.05, 0.1) is 12.7 Å². The second-order valence-electron chi connectivity index (χ2n) is 3.83. The highest BCUT2D eigenvalue weighted by atomic mass is 32.2. The smallest absolute Gasteiger partial charge is 0.346 e. The van der Waals surface area contributed by atoms with E-state index in [2.05, 4.69) is 10.1 Å². The summed E-state index contributed by atoms with van der Waals surface area (Å²) in [6.45, 7) is 0. The van der Waals surface area contributed by atoms with Crippen molar-refractivity contribution in [1.82, 2.24) is 5.32 Å². The van der Waals surface area contributed by atoms with Gasteiger partial charge < -0.3 is 10.1 Å². The predicted molar refractivity (Wildman–Crippen MR) is 70.0 cm³/mol. The Labute approximate surface area is 114 Å². The van der Waals surface area contributed by atoms with Gasteiger partial charge in [-0.3, -0.25) is 4.79 Å². The number of carbonyl (C=O) groups excluding carboxylic acids is 2. The van der Waals surface area contributed by atoms with Crippen LogP contribution >= 0.6 is 11.8 Å². The topological polar surface area (TPSA) is 55.4 Å². The van der Waals surface area contributed by atoms with Gasteiger partial charge in [0.2, 0.25) is 0 Å². The van der Waals surface area contributed by atoms with E-state index >= 15 is 0 Å². The first-order valence-corrected chi connectivity index (χ1v) is 6.62. The Morgan fingerprint density at radius 1 is 1.37 bits per heavy atom. The van der Waals surface area contributed by atoms with Crippen LogP contribution in [0.2, 0.25) is 0 Å². The highest BCUT2D eigenvalue weighted by Crippen LogP contribution is 2.30. The van der Waals surface area contributed by atoms with E-state index < -0.39 is 17.7 Å². The molecule has 100 valence electrons. The number of allylic oxidation sites excluding steroid dienone is 1. The third kappa shape index (κ3) is 2.96. The fraction of sp³-hybridized carbons (Fsp3) is 0.231. The summed E-state index contributed by atoms with van der Waals surface area (Å²) in [6.07, 6.45) is 0.551. The second kappa shape index (κ2) is 5.88. The first-order valence-electron chi connectivity index (χ1n) is 5.63. The quantitative estimate of drug-likeness (QED) is 0.862. The molecule has 0 aliphatic carbocycles. The van der Waals surface area contributed by atoms with E-state index in [1.54, 1.807) is 6.07 Å². The Morgan fingerprint density at radius 3 is 2.79 bits per heavy atom. The molecule has 1 amide bonds. The van der Waals surface area contributed by atoms with Gasteiger partial charge in [-0.1, -0.05) is 12.1 Å². The molecule has 1 aromatic carbocycles. The minimum absolute atomic E-state index is 0.0453. The van der Waals surface area contributed by atoms with E-state index in [-0.39, 0.29) is 5.56 Å². The van der Waals surface area contributed by atoms with Gasteiger partial charge in [0.25, 0.3) is 5.91 Å². The largest absolute Gasteiger partial charge is 0.465 e. The van der Waals surface area contributed by atoms with Crippen LogP contribution in [0.1, 0.15) is 16.8 Å². The van der Waals surface area contributed by atoms with Crippen LogP contribution in [0.4, 0.5) is 4.39 Å². The van der Waals surface area contributed by atoms with Crippen LogP contribution in [0.15, 0.2) is 34.9 Å². The number of esters is 1. The number of amides is 1. The summed E-state index contributed by atoms with van der Waals surface area (Å²) in [5.41, 5.74) is 0.446. The number of hydrogen-bond donors (Lipinski definition) is 1. The third-order valence-electron chi connectivity index (χ3n) is 2.63. The molecule has 1 aliphatic rings. The van der Waals surface area contributed by atoms with E-state index in [0.717, 1.165) is 0 Å². The number of methoxy groups -OCH3 is 1. The first kappa shape index (κ1) is 13.6. The number of nitrogens with one attached hydrogen (secondary N) is 1. The van der Waals surface area contributed by atoms with E-state index in [0.29, 0.717) is 22.8 Å². The Kier molecular flexibility index (Phi) is 4.21. The zero-order valence-corrected chi connectivity index (χ0v) is 11.1. The van der Waals surface area contributed by atoms with Crippen molar-refractivity contribution in [2.45, 2.75) is 6.42 Å². The maximum Gasteiger partial charge on any atom is 0.346 e. The minimum Gasteiger partial charge on any atom is -0.465 e. The molecule has 0 aromatic heterocycles. The number of hydrogen-bond acceptors (Lipinski definition) is 4. The summed E-state index contributed by atoms with van der Waals surface area (Å²) in [5.74, 6) is -0.939. The van der Waals surface area contributed by atoms with E-state index in [1.807, 2.05) is 0 Å². The third-order valence-corrected chi connectivity index (χ3v) is 3.74. The molecular weight excluding hydrogens is 269 g/mol. The zero-order chi connectivity index (χ0) is 13.8. The van der Waals surface area contributed by atoms with Crippen molar-refractivity contribution in [1.29, 1.82) is 0 Å². The van der Waals surface area contributed by atoms with Crippen LogP contribution in [-0.2, 0) is 9.53 Å². The van der Waals surface area contributed by atoms with Gasteiger partial charge in [0, 0.05) is 11.4 Å². The summed E-state index contributed by atoms with van der Waals surface area (Å²) < 4.78 is 18.1. The van der Waals surface area contributed by atoms with E-state index in [4.69, 9.17) is 0 Å². The maximum absolute atomic E-state index is 13.5. The molecular formula is C13H12FNO3S. The van der Waals surface area contributed by atoms with Crippen molar-refractivity contribution in [3.8, 4) is 0 Å². The molecule has 0 saturated heterocycles. The molecule has 0 saturated carbocycles. The van der Waals surface area contributed by atoms with Gasteiger partial charge in [-0.05, 0) is 18.6 Å². The number of thioether (sulfide) groups is 1. The monoisotopic (exact) mass is 281 g/mol. The van der Waals surface area contributed by atoms with Crippen molar-refractivity contribution >= 4 is 23.6 Å². The zero-order valence-electron chi connectivity index (χ0n) is 10.2. The Balaban J connectivity index is 2.19. The van der Waals surface area contributed by atoms with Crippen LogP contribution in [0, 0.1) is 5.82 Å². The molecule has 0 radical (unpaired) electrons. The molecule has 0 spiro atoms. The molecule has 0 bridgehead atoms. The normalized spacial score (nSPS) is 14.4. The highest BCUT2D eigenvalue weighted by molar-refractivity contribution is 8.04. The Morgan fingerprint density at radius 2 is 2.11 bits per heavy atom. The lowest BCUT2D eigenvalue weighted by molar-refractivity contribution is -0.135. The number of benzene rings is 1. The Hall–Kier alpha value is -1.82. The fourth-order valence-corrected chi connectivity index (χ4v) is 2.74. The molecule has 0 fully saturated rings. The number of carbonyl (C=O) groups is 2. The maximum atomic E-state index is 13.5. The van der Waals surface area contributed by atoms with Gasteiger partial charge >= 0.3 is 5.97 Å². The van der Waals surface area contributed by atoms with Gasteiger partial charge in [0.1, 0.15) is 10.7 Å². The SMILES string of the molecule is COC(=O)C1=C(NC(=O)c2ccccc2F)CCS1. The number of halogens is 1. The summed E-state index contributed by atoms with van der Waals surface area (Å²) in [7, 11) is 1.28. The van der Waals surface area contributed by atoms with Crippen LogP contribution in [0.25, 0.3) is 0 Å². The van der Waals surface area contributed by atoms with Crippen molar-refractivity contribution < 1.29 is 18.7 Å². The standard InChI is InChI=1S/C13H12FNO3S/c1-18-13(17)11-10(6-7-19-11)15-12(16)8-4-2-3-5-9(8)14/h2-5H,6-7H2,1H3,(H,15,16). The molecule has 0 unspecified atom stereocenters. The molecule has 19 heavy (non-hydrogen) atoms. The number of rotatable bonds is 3. The van der Waals surface area contributed by atoms with Gasteiger partial charge in [0.15, 0.2) is 0 Å². The second-order valence-corrected chi connectivity index (χ2v) is 4.94. The molecule has 6 heteroatoms. The molecule has 1 heterocycles. The van der Waals surface area contributed by atoms with Crippen LogP contribution in [0.5, 0.6) is 0 Å². The highest BCUT2D eigenvalue weighted by Gasteiger charge is 2.24. The molecule has 1 aromatic rings. The molecule has 0 atom stereocenters. The molecule has 1 N–H and O–H groups in total. The lowest BCUT2D eigenvalue weighted by Crippen LogP contribution is -2.25. The summed E-state index contributed by atoms with van der Waals surface area (Å²) in [4.78, 5) is 23.8. The minimum atomic E-state index is -0.592. The van der Waals surface area contributed by atoms with Crippen LogP contribution in [0.3, 0.4) is 0 Å².